The van der Waals surface area contributed by atoms with Gasteiger partial charge in [0.25, 0.3) is 0 Å². The summed E-state index contributed by atoms with van der Waals surface area (Å²) in [5, 5.41) is 13.9. The molecule has 100 valence electrons. The minimum atomic E-state index is -0.705. The van der Waals surface area contributed by atoms with Crippen LogP contribution < -0.4 is 10.6 Å². The number of hydrogen-bond acceptors (Lipinski definition) is 4. The SMILES string of the molecule is C[C@H](NC(=O)OC(C)(C)C)C(=O)NC[C@@H](C)O. The summed E-state index contributed by atoms with van der Waals surface area (Å²) in [6.07, 6.45) is -1.26. The third kappa shape index (κ3) is 8.50. The van der Waals surface area contributed by atoms with Crippen molar-refractivity contribution in [1.82, 2.24) is 10.6 Å². The van der Waals surface area contributed by atoms with Gasteiger partial charge in [-0.25, -0.2) is 4.79 Å². The fraction of sp³-hybridized carbons (Fsp3) is 0.818. The third-order valence-corrected chi connectivity index (χ3v) is 1.70. The molecule has 0 saturated carbocycles. The summed E-state index contributed by atoms with van der Waals surface area (Å²) < 4.78 is 5.00. The van der Waals surface area contributed by atoms with Crippen LogP contribution in [0.5, 0.6) is 0 Å². The van der Waals surface area contributed by atoms with Crippen molar-refractivity contribution in [1.29, 1.82) is 0 Å². The minimum Gasteiger partial charge on any atom is -0.444 e. The van der Waals surface area contributed by atoms with E-state index in [1.807, 2.05) is 0 Å². The first-order valence-corrected chi connectivity index (χ1v) is 5.57. The summed E-state index contributed by atoms with van der Waals surface area (Å²) >= 11 is 0. The zero-order valence-electron chi connectivity index (χ0n) is 11.0. The lowest BCUT2D eigenvalue weighted by Gasteiger charge is -2.21. The lowest BCUT2D eigenvalue weighted by molar-refractivity contribution is -0.123. The fourth-order valence-electron chi connectivity index (χ4n) is 0.951. The van der Waals surface area contributed by atoms with Gasteiger partial charge in [0.1, 0.15) is 11.6 Å². The second-order valence-corrected chi connectivity index (χ2v) is 4.96. The summed E-state index contributed by atoms with van der Waals surface area (Å²) in [6.45, 7) is 8.48. The summed E-state index contributed by atoms with van der Waals surface area (Å²) in [5.74, 6) is -0.364. The Balaban J connectivity index is 4.03. The van der Waals surface area contributed by atoms with Crippen LogP contribution in [0.1, 0.15) is 34.6 Å². The first-order valence-electron chi connectivity index (χ1n) is 5.57. The number of carbonyl (C=O) groups excluding carboxylic acids is 2. The van der Waals surface area contributed by atoms with Crippen molar-refractivity contribution >= 4 is 12.0 Å². The zero-order chi connectivity index (χ0) is 13.6. The largest absolute Gasteiger partial charge is 0.444 e. The molecule has 17 heavy (non-hydrogen) atoms. The van der Waals surface area contributed by atoms with Gasteiger partial charge in [-0.15, -0.1) is 0 Å². The molecule has 0 aliphatic heterocycles. The molecule has 0 aliphatic rings. The molecule has 0 heterocycles. The van der Waals surface area contributed by atoms with Crippen molar-refractivity contribution in [3.63, 3.8) is 0 Å². The molecule has 0 aromatic rings. The first-order chi connectivity index (χ1) is 7.61. The highest BCUT2D eigenvalue weighted by Gasteiger charge is 2.20. The van der Waals surface area contributed by atoms with Crippen molar-refractivity contribution in [2.24, 2.45) is 0 Å². The standard InChI is InChI=1S/C11H22N2O4/c1-7(14)6-12-9(15)8(2)13-10(16)17-11(3,4)5/h7-8,14H,6H2,1-5H3,(H,12,15)(H,13,16)/t7-,8+/m1/s1. The Kier molecular flexibility index (Phi) is 5.95. The number of carbonyl (C=O) groups is 2. The van der Waals surface area contributed by atoms with E-state index in [9.17, 15) is 9.59 Å². The summed E-state index contributed by atoms with van der Waals surface area (Å²) in [6, 6.07) is -0.705. The van der Waals surface area contributed by atoms with E-state index in [4.69, 9.17) is 9.84 Å². The number of ether oxygens (including phenoxy) is 1. The molecule has 0 aromatic heterocycles. The van der Waals surface area contributed by atoms with Crippen LogP contribution in [0.15, 0.2) is 0 Å². The smallest absolute Gasteiger partial charge is 0.408 e. The average Bonchev–Trinajstić information content (AvgIpc) is 2.10. The predicted octanol–water partition coefficient (Wildman–Crippen LogP) is 0.397. The molecule has 3 N–H and O–H groups in total. The van der Waals surface area contributed by atoms with Crippen molar-refractivity contribution in [3.05, 3.63) is 0 Å². The van der Waals surface area contributed by atoms with Gasteiger partial charge < -0.3 is 20.5 Å². The van der Waals surface area contributed by atoms with E-state index in [0.29, 0.717) is 0 Å². The number of amides is 2. The number of hydrogen-bond donors (Lipinski definition) is 3. The Bertz CT molecular complexity index is 271. The normalized spacial score (nSPS) is 14.7. The van der Waals surface area contributed by atoms with Gasteiger partial charge in [-0.05, 0) is 34.6 Å². The molecule has 6 nitrogen and oxygen atoms in total. The fourth-order valence-corrected chi connectivity index (χ4v) is 0.951. The molecule has 0 aromatic carbocycles. The molecule has 0 fully saturated rings. The van der Waals surface area contributed by atoms with E-state index in [1.54, 1.807) is 34.6 Å². The van der Waals surface area contributed by atoms with Crippen LogP contribution in [0, 0.1) is 0 Å². The molecule has 0 radical (unpaired) electrons. The van der Waals surface area contributed by atoms with Gasteiger partial charge in [-0.1, -0.05) is 0 Å². The number of alkyl carbamates (subject to hydrolysis) is 1. The van der Waals surface area contributed by atoms with Crippen LogP contribution in [0.4, 0.5) is 4.79 Å². The number of rotatable bonds is 4. The molecule has 0 bridgehead atoms. The van der Waals surface area contributed by atoms with E-state index in [-0.39, 0.29) is 12.5 Å². The summed E-state index contributed by atoms with van der Waals surface area (Å²) in [5.41, 5.74) is -0.597. The van der Waals surface area contributed by atoms with Crippen LogP contribution in [0.3, 0.4) is 0 Å². The molecule has 0 spiro atoms. The quantitative estimate of drug-likeness (QED) is 0.670. The Labute approximate surface area is 102 Å². The van der Waals surface area contributed by atoms with Crippen LogP contribution in [0.2, 0.25) is 0 Å². The Morgan fingerprint density at radius 2 is 1.82 bits per heavy atom. The second kappa shape index (κ2) is 6.44. The Morgan fingerprint density at radius 3 is 2.24 bits per heavy atom. The van der Waals surface area contributed by atoms with Crippen molar-refractivity contribution < 1.29 is 19.4 Å². The van der Waals surface area contributed by atoms with Gasteiger partial charge in [0.2, 0.25) is 5.91 Å². The molecular formula is C11H22N2O4. The molecule has 0 unspecified atom stereocenters. The van der Waals surface area contributed by atoms with Crippen LogP contribution in [-0.2, 0) is 9.53 Å². The Morgan fingerprint density at radius 1 is 1.29 bits per heavy atom. The Hall–Kier alpha value is -1.30. The highest BCUT2D eigenvalue weighted by molar-refractivity contribution is 5.85. The van der Waals surface area contributed by atoms with Crippen LogP contribution in [0.25, 0.3) is 0 Å². The number of aliphatic hydroxyl groups is 1. The molecule has 2 amide bonds. The molecular weight excluding hydrogens is 224 g/mol. The van der Waals surface area contributed by atoms with Gasteiger partial charge in [0.05, 0.1) is 6.10 Å². The van der Waals surface area contributed by atoms with Gasteiger partial charge in [0.15, 0.2) is 0 Å². The van der Waals surface area contributed by atoms with E-state index < -0.39 is 23.8 Å². The van der Waals surface area contributed by atoms with Crippen LogP contribution >= 0.6 is 0 Å². The average molecular weight is 246 g/mol. The lowest BCUT2D eigenvalue weighted by Crippen LogP contribution is -2.47. The number of aliphatic hydroxyl groups excluding tert-OH is 1. The van der Waals surface area contributed by atoms with Gasteiger partial charge in [0, 0.05) is 6.54 Å². The first kappa shape index (κ1) is 15.7. The van der Waals surface area contributed by atoms with E-state index in [0.717, 1.165) is 0 Å². The third-order valence-electron chi connectivity index (χ3n) is 1.70. The maximum absolute atomic E-state index is 11.5. The molecule has 0 saturated heterocycles. The zero-order valence-corrected chi connectivity index (χ0v) is 11.0. The highest BCUT2D eigenvalue weighted by Crippen LogP contribution is 2.06. The van der Waals surface area contributed by atoms with Crippen molar-refractivity contribution in [2.75, 3.05) is 6.54 Å². The van der Waals surface area contributed by atoms with Crippen LogP contribution in [-0.4, -0.2) is 41.4 Å². The van der Waals surface area contributed by atoms with Gasteiger partial charge >= 0.3 is 6.09 Å². The molecule has 0 rings (SSSR count). The molecule has 0 aliphatic carbocycles. The monoisotopic (exact) mass is 246 g/mol. The molecule has 2 atom stereocenters. The topological polar surface area (TPSA) is 87.7 Å². The van der Waals surface area contributed by atoms with E-state index in [2.05, 4.69) is 10.6 Å². The summed E-state index contributed by atoms with van der Waals surface area (Å²) in [7, 11) is 0. The van der Waals surface area contributed by atoms with Crippen molar-refractivity contribution in [2.45, 2.75) is 52.4 Å². The van der Waals surface area contributed by atoms with E-state index >= 15 is 0 Å². The van der Waals surface area contributed by atoms with E-state index in [1.165, 1.54) is 0 Å². The molecule has 6 heteroatoms. The van der Waals surface area contributed by atoms with Gasteiger partial charge in [-0.2, -0.15) is 0 Å². The highest BCUT2D eigenvalue weighted by atomic mass is 16.6. The maximum Gasteiger partial charge on any atom is 0.408 e. The van der Waals surface area contributed by atoms with Crippen molar-refractivity contribution in [3.8, 4) is 0 Å². The van der Waals surface area contributed by atoms with Gasteiger partial charge in [-0.3, -0.25) is 4.79 Å². The minimum absolute atomic E-state index is 0.152. The predicted molar refractivity (Wildman–Crippen MR) is 63.5 cm³/mol. The maximum atomic E-state index is 11.5. The second-order valence-electron chi connectivity index (χ2n) is 4.96. The lowest BCUT2D eigenvalue weighted by atomic mass is 10.2. The summed E-state index contributed by atoms with van der Waals surface area (Å²) in [4.78, 5) is 22.8. The number of nitrogens with one attached hydrogen (secondary N) is 2.